The lowest BCUT2D eigenvalue weighted by molar-refractivity contribution is 0.372. The van der Waals surface area contributed by atoms with Gasteiger partial charge in [-0.1, -0.05) is 30.3 Å². The molecule has 3 aromatic carbocycles. The maximum Gasteiger partial charge on any atom is 0.201 e. The van der Waals surface area contributed by atoms with Crippen molar-refractivity contribution >= 4 is 0 Å². The molecule has 1 nitrogen and oxygen atoms in total. The zero-order valence-electron chi connectivity index (χ0n) is 15.0. The maximum absolute atomic E-state index is 14.2. The van der Waals surface area contributed by atoms with Crippen LogP contribution in [0.25, 0.3) is 11.1 Å². The molecule has 0 aliphatic carbocycles. The van der Waals surface area contributed by atoms with Gasteiger partial charge in [0.25, 0.3) is 0 Å². The zero-order chi connectivity index (χ0) is 19.6. The SMILES string of the molecule is COc1ccc(-c2ccc(CCc3c(C)ccc(F)c3F)cc2)c(F)c1F. The molecule has 0 saturated carbocycles. The molecule has 27 heavy (non-hydrogen) atoms. The number of halogens is 4. The Balaban J connectivity index is 1.79. The summed E-state index contributed by atoms with van der Waals surface area (Å²) in [6.45, 7) is 1.74. The van der Waals surface area contributed by atoms with Crippen LogP contribution in [0.4, 0.5) is 17.6 Å². The monoisotopic (exact) mass is 374 g/mol. The van der Waals surface area contributed by atoms with Crippen molar-refractivity contribution in [3.05, 3.63) is 88.5 Å². The number of aryl methyl sites for hydroxylation is 2. The maximum atomic E-state index is 14.2. The quantitative estimate of drug-likeness (QED) is 0.497. The highest BCUT2D eigenvalue weighted by Gasteiger charge is 2.15. The molecule has 0 amide bonds. The van der Waals surface area contributed by atoms with Gasteiger partial charge in [0, 0.05) is 5.56 Å². The van der Waals surface area contributed by atoms with E-state index in [1.807, 2.05) is 0 Å². The smallest absolute Gasteiger partial charge is 0.201 e. The van der Waals surface area contributed by atoms with Crippen molar-refractivity contribution in [3.8, 4) is 16.9 Å². The van der Waals surface area contributed by atoms with Gasteiger partial charge in [-0.2, -0.15) is 4.39 Å². The second kappa shape index (κ2) is 7.82. The molecule has 3 rings (SSSR count). The Morgan fingerprint density at radius 2 is 1.44 bits per heavy atom. The molecule has 140 valence electrons. The molecule has 0 spiro atoms. The number of hydrogen-bond acceptors (Lipinski definition) is 1. The average molecular weight is 374 g/mol. The summed E-state index contributed by atoms with van der Waals surface area (Å²) in [6, 6.07) is 12.4. The van der Waals surface area contributed by atoms with Crippen LogP contribution in [0.2, 0.25) is 0 Å². The Bertz CT molecular complexity index is 965. The van der Waals surface area contributed by atoms with E-state index in [4.69, 9.17) is 4.74 Å². The minimum atomic E-state index is -1.03. The van der Waals surface area contributed by atoms with Gasteiger partial charge in [-0.05, 0) is 60.2 Å². The Hall–Kier alpha value is -2.82. The van der Waals surface area contributed by atoms with E-state index < -0.39 is 23.3 Å². The highest BCUT2D eigenvalue weighted by atomic mass is 19.2. The molecule has 0 atom stereocenters. The summed E-state index contributed by atoms with van der Waals surface area (Å²) < 4.78 is 60.2. The van der Waals surface area contributed by atoms with Gasteiger partial charge in [-0.3, -0.25) is 0 Å². The molecule has 0 fully saturated rings. The predicted octanol–water partition coefficient (Wildman–Crippen LogP) is 6.01. The lowest BCUT2D eigenvalue weighted by Gasteiger charge is -2.10. The molecule has 0 heterocycles. The normalized spacial score (nSPS) is 10.9. The molecule has 0 aliphatic heterocycles. The first-order valence-electron chi connectivity index (χ1n) is 8.47. The highest BCUT2D eigenvalue weighted by Crippen LogP contribution is 2.30. The van der Waals surface area contributed by atoms with E-state index in [2.05, 4.69) is 0 Å². The molecule has 0 N–H and O–H groups in total. The lowest BCUT2D eigenvalue weighted by atomic mass is 9.97. The van der Waals surface area contributed by atoms with Crippen LogP contribution >= 0.6 is 0 Å². The Kier molecular flexibility index (Phi) is 5.49. The fraction of sp³-hybridized carbons (Fsp3) is 0.182. The Labute approximate surface area is 155 Å². The van der Waals surface area contributed by atoms with Gasteiger partial charge in [0.15, 0.2) is 23.2 Å². The van der Waals surface area contributed by atoms with Gasteiger partial charge in [-0.15, -0.1) is 0 Å². The molecule has 5 heteroatoms. The predicted molar refractivity (Wildman–Crippen MR) is 96.8 cm³/mol. The van der Waals surface area contributed by atoms with Crippen LogP contribution in [-0.2, 0) is 12.8 Å². The Morgan fingerprint density at radius 1 is 0.741 bits per heavy atom. The average Bonchev–Trinajstić information content (AvgIpc) is 2.67. The molecular weight excluding hydrogens is 356 g/mol. The number of hydrogen-bond donors (Lipinski definition) is 0. The van der Waals surface area contributed by atoms with E-state index in [1.54, 1.807) is 37.3 Å². The fourth-order valence-corrected chi connectivity index (χ4v) is 3.03. The van der Waals surface area contributed by atoms with Crippen molar-refractivity contribution in [1.29, 1.82) is 0 Å². The van der Waals surface area contributed by atoms with Gasteiger partial charge in [0.05, 0.1) is 7.11 Å². The van der Waals surface area contributed by atoms with Crippen molar-refractivity contribution < 1.29 is 22.3 Å². The topological polar surface area (TPSA) is 9.23 Å². The molecule has 3 aromatic rings. The highest BCUT2D eigenvalue weighted by molar-refractivity contribution is 5.65. The summed E-state index contributed by atoms with van der Waals surface area (Å²) in [5.41, 5.74) is 2.58. The summed E-state index contributed by atoms with van der Waals surface area (Å²) in [4.78, 5) is 0. The van der Waals surface area contributed by atoms with Gasteiger partial charge in [0.1, 0.15) is 0 Å². The second-order valence-corrected chi connectivity index (χ2v) is 6.30. The third-order valence-corrected chi connectivity index (χ3v) is 4.63. The van der Waals surface area contributed by atoms with Gasteiger partial charge in [0.2, 0.25) is 5.82 Å². The van der Waals surface area contributed by atoms with Crippen LogP contribution in [-0.4, -0.2) is 7.11 Å². The van der Waals surface area contributed by atoms with Crippen molar-refractivity contribution in [2.75, 3.05) is 7.11 Å². The molecule has 0 aromatic heterocycles. The summed E-state index contributed by atoms with van der Waals surface area (Å²) in [5.74, 6) is -3.83. The van der Waals surface area contributed by atoms with E-state index in [0.29, 0.717) is 29.5 Å². The lowest BCUT2D eigenvalue weighted by Crippen LogP contribution is -2.00. The van der Waals surface area contributed by atoms with E-state index in [0.717, 1.165) is 11.6 Å². The van der Waals surface area contributed by atoms with E-state index in [-0.39, 0.29) is 11.3 Å². The first-order chi connectivity index (χ1) is 12.9. The first kappa shape index (κ1) is 19.0. The number of methoxy groups -OCH3 is 1. The van der Waals surface area contributed by atoms with Crippen molar-refractivity contribution in [2.45, 2.75) is 19.8 Å². The number of benzene rings is 3. The molecule has 0 bridgehead atoms. The van der Waals surface area contributed by atoms with Crippen LogP contribution in [0.5, 0.6) is 5.75 Å². The second-order valence-electron chi connectivity index (χ2n) is 6.30. The van der Waals surface area contributed by atoms with Crippen molar-refractivity contribution in [3.63, 3.8) is 0 Å². The standard InChI is InChI=1S/C22H18F4O/c1-13-3-11-18(23)20(24)16(13)9-6-14-4-7-15(8-5-14)17-10-12-19(27-2)22(26)21(17)25/h3-5,7-8,10-12H,6,9H2,1-2H3. The van der Waals surface area contributed by atoms with Crippen molar-refractivity contribution in [2.24, 2.45) is 0 Å². The molecule has 0 unspecified atom stereocenters. The summed E-state index contributed by atoms with van der Waals surface area (Å²) in [6.07, 6.45) is 0.848. The van der Waals surface area contributed by atoms with E-state index >= 15 is 0 Å². The van der Waals surface area contributed by atoms with Crippen molar-refractivity contribution in [1.82, 2.24) is 0 Å². The number of ether oxygens (including phenoxy) is 1. The summed E-state index contributed by atoms with van der Waals surface area (Å²) >= 11 is 0. The first-order valence-corrected chi connectivity index (χ1v) is 8.47. The van der Waals surface area contributed by atoms with Crippen LogP contribution in [0.1, 0.15) is 16.7 Å². The van der Waals surface area contributed by atoms with Crippen LogP contribution in [0.15, 0.2) is 48.5 Å². The third-order valence-electron chi connectivity index (χ3n) is 4.63. The van der Waals surface area contributed by atoms with Crippen LogP contribution in [0.3, 0.4) is 0 Å². The van der Waals surface area contributed by atoms with E-state index in [1.165, 1.54) is 19.2 Å². The summed E-state index contributed by atoms with van der Waals surface area (Å²) in [5, 5.41) is 0. The van der Waals surface area contributed by atoms with Gasteiger partial charge >= 0.3 is 0 Å². The minimum Gasteiger partial charge on any atom is -0.494 e. The number of rotatable bonds is 5. The fourth-order valence-electron chi connectivity index (χ4n) is 3.03. The van der Waals surface area contributed by atoms with Gasteiger partial charge < -0.3 is 4.74 Å². The van der Waals surface area contributed by atoms with Crippen LogP contribution in [0, 0.1) is 30.2 Å². The Morgan fingerprint density at radius 3 is 2.11 bits per heavy atom. The zero-order valence-corrected chi connectivity index (χ0v) is 15.0. The molecule has 0 aliphatic rings. The van der Waals surface area contributed by atoms with E-state index in [9.17, 15) is 17.6 Å². The molecule has 0 radical (unpaired) electrons. The summed E-state index contributed by atoms with van der Waals surface area (Å²) in [7, 11) is 1.27. The minimum absolute atomic E-state index is 0.131. The van der Waals surface area contributed by atoms with Gasteiger partial charge in [-0.25, -0.2) is 13.2 Å². The molecular formula is C22H18F4O. The molecule has 0 saturated heterocycles. The third kappa shape index (κ3) is 3.82. The largest absolute Gasteiger partial charge is 0.494 e. The van der Waals surface area contributed by atoms with Crippen LogP contribution < -0.4 is 4.74 Å².